The second-order valence-corrected chi connectivity index (χ2v) is 5.50. The van der Waals surface area contributed by atoms with Gasteiger partial charge >= 0.3 is 0 Å². The van der Waals surface area contributed by atoms with Crippen LogP contribution in [0.2, 0.25) is 0 Å². The second kappa shape index (κ2) is 4.31. The molecule has 0 bridgehead atoms. The van der Waals surface area contributed by atoms with Gasteiger partial charge in [0.15, 0.2) is 4.96 Å². The molecule has 0 aromatic carbocycles. The largest absolute Gasteiger partial charge is 0.480 e. The van der Waals surface area contributed by atoms with Crippen molar-refractivity contribution < 1.29 is 4.74 Å². The first kappa shape index (κ1) is 11.0. The summed E-state index contributed by atoms with van der Waals surface area (Å²) < 4.78 is 7.44. The third-order valence-corrected chi connectivity index (χ3v) is 4.19. The molecule has 0 saturated heterocycles. The van der Waals surface area contributed by atoms with Crippen molar-refractivity contribution >= 4 is 16.3 Å². The van der Waals surface area contributed by atoms with Crippen molar-refractivity contribution in [2.45, 2.75) is 32.4 Å². The molecule has 2 heterocycles. The predicted molar refractivity (Wildman–Crippen MR) is 68.6 cm³/mol. The van der Waals surface area contributed by atoms with Crippen LogP contribution in [0.5, 0.6) is 5.88 Å². The van der Waals surface area contributed by atoms with Crippen LogP contribution in [-0.2, 0) is 6.54 Å². The van der Waals surface area contributed by atoms with Gasteiger partial charge in [0.05, 0.1) is 7.11 Å². The minimum Gasteiger partial charge on any atom is -0.480 e. The molecular weight excluding hydrogens is 234 g/mol. The van der Waals surface area contributed by atoms with E-state index in [2.05, 4.69) is 27.0 Å². The van der Waals surface area contributed by atoms with Gasteiger partial charge in [0.25, 0.3) is 0 Å². The Bertz CT molecular complexity index is 515. The van der Waals surface area contributed by atoms with E-state index < -0.39 is 0 Å². The highest BCUT2D eigenvalue weighted by Gasteiger charge is 2.28. The Morgan fingerprint density at radius 2 is 2.47 bits per heavy atom. The summed E-state index contributed by atoms with van der Waals surface area (Å²) in [6.45, 7) is 3.08. The number of imidazole rings is 1. The molecule has 17 heavy (non-hydrogen) atoms. The number of aromatic nitrogens is 2. The Morgan fingerprint density at radius 1 is 1.65 bits per heavy atom. The Balaban J connectivity index is 1.79. The first-order valence-corrected chi connectivity index (χ1v) is 6.89. The van der Waals surface area contributed by atoms with E-state index in [4.69, 9.17) is 4.74 Å². The summed E-state index contributed by atoms with van der Waals surface area (Å²) in [7, 11) is 1.68. The van der Waals surface area contributed by atoms with Crippen molar-refractivity contribution in [2.75, 3.05) is 7.11 Å². The first-order chi connectivity index (χ1) is 8.29. The summed E-state index contributed by atoms with van der Waals surface area (Å²) >= 11 is 1.63. The van der Waals surface area contributed by atoms with Crippen molar-refractivity contribution in [1.82, 2.24) is 14.7 Å². The van der Waals surface area contributed by atoms with E-state index in [-0.39, 0.29) is 0 Å². The summed E-state index contributed by atoms with van der Waals surface area (Å²) in [6.07, 6.45) is 4.78. The van der Waals surface area contributed by atoms with E-state index in [1.54, 1.807) is 18.4 Å². The Kier molecular flexibility index (Phi) is 2.80. The average Bonchev–Trinajstić information content (AvgIpc) is 2.99. The average molecular weight is 251 g/mol. The van der Waals surface area contributed by atoms with Crippen molar-refractivity contribution in [3.05, 3.63) is 17.3 Å². The van der Waals surface area contributed by atoms with Crippen molar-refractivity contribution in [3.8, 4) is 5.88 Å². The maximum Gasteiger partial charge on any atom is 0.237 e. The minimum atomic E-state index is 0.587. The van der Waals surface area contributed by atoms with Crippen LogP contribution in [0.15, 0.2) is 11.6 Å². The molecule has 0 amide bonds. The van der Waals surface area contributed by atoms with Crippen LogP contribution in [0.25, 0.3) is 4.96 Å². The zero-order valence-electron chi connectivity index (χ0n) is 10.1. The molecule has 1 aliphatic carbocycles. The van der Waals surface area contributed by atoms with Crippen LogP contribution in [0.3, 0.4) is 0 Å². The van der Waals surface area contributed by atoms with Crippen LogP contribution in [0, 0.1) is 5.92 Å². The fourth-order valence-corrected chi connectivity index (χ4v) is 2.88. The van der Waals surface area contributed by atoms with Crippen molar-refractivity contribution in [1.29, 1.82) is 0 Å². The van der Waals surface area contributed by atoms with Gasteiger partial charge in [-0.3, -0.25) is 4.40 Å². The van der Waals surface area contributed by atoms with Gasteiger partial charge in [-0.1, -0.05) is 0 Å². The maximum atomic E-state index is 5.33. The molecule has 1 N–H and O–H groups in total. The number of nitrogens with one attached hydrogen (secondary N) is 1. The van der Waals surface area contributed by atoms with Gasteiger partial charge in [-0.2, -0.15) is 4.98 Å². The van der Waals surface area contributed by atoms with E-state index in [0.29, 0.717) is 6.04 Å². The molecule has 4 nitrogen and oxygen atoms in total. The van der Waals surface area contributed by atoms with Gasteiger partial charge in [-0.25, -0.2) is 0 Å². The predicted octanol–water partition coefficient (Wildman–Crippen LogP) is 2.29. The summed E-state index contributed by atoms with van der Waals surface area (Å²) in [4.78, 5) is 5.45. The standard InChI is InChI=1S/C12H17N3OS/c1-8(9-3-4-9)13-7-10-11(16-2)14-12-15(10)5-6-17-12/h5-6,8-9,13H,3-4,7H2,1-2H3. The Labute approximate surface area is 105 Å². The molecule has 2 aromatic heterocycles. The van der Waals surface area contributed by atoms with Gasteiger partial charge < -0.3 is 10.1 Å². The number of rotatable bonds is 5. The monoisotopic (exact) mass is 251 g/mol. The number of nitrogens with zero attached hydrogens (tertiary/aromatic N) is 2. The molecule has 1 fully saturated rings. The molecule has 1 aliphatic rings. The number of fused-ring (bicyclic) bond motifs is 1. The number of methoxy groups -OCH3 is 1. The zero-order chi connectivity index (χ0) is 11.8. The lowest BCUT2D eigenvalue weighted by Gasteiger charge is -2.12. The lowest BCUT2D eigenvalue weighted by atomic mass is 10.2. The van der Waals surface area contributed by atoms with Gasteiger partial charge in [0.2, 0.25) is 5.88 Å². The molecule has 1 unspecified atom stereocenters. The molecule has 3 rings (SSSR count). The molecule has 0 radical (unpaired) electrons. The minimum absolute atomic E-state index is 0.587. The van der Waals surface area contributed by atoms with E-state index in [0.717, 1.165) is 29.0 Å². The molecule has 0 spiro atoms. The molecule has 0 aliphatic heterocycles. The van der Waals surface area contributed by atoms with Gasteiger partial charge in [0.1, 0.15) is 5.69 Å². The summed E-state index contributed by atoms with van der Waals surface area (Å²) in [5.74, 6) is 1.61. The SMILES string of the molecule is COc1nc2sccn2c1CNC(C)C1CC1. The Morgan fingerprint density at radius 3 is 3.18 bits per heavy atom. The first-order valence-electron chi connectivity index (χ1n) is 6.01. The quantitative estimate of drug-likeness (QED) is 0.886. The van der Waals surface area contributed by atoms with Crippen LogP contribution >= 0.6 is 11.3 Å². The van der Waals surface area contributed by atoms with E-state index in [9.17, 15) is 0 Å². The van der Waals surface area contributed by atoms with Gasteiger partial charge in [-0.05, 0) is 25.7 Å². The summed E-state index contributed by atoms with van der Waals surface area (Å²) in [5, 5.41) is 5.62. The van der Waals surface area contributed by atoms with Gasteiger partial charge in [-0.15, -0.1) is 11.3 Å². The normalized spacial score (nSPS) is 17.5. The molecule has 92 valence electrons. The highest BCUT2D eigenvalue weighted by molar-refractivity contribution is 7.15. The smallest absolute Gasteiger partial charge is 0.237 e. The van der Waals surface area contributed by atoms with Crippen LogP contribution in [-0.4, -0.2) is 22.5 Å². The van der Waals surface area contributed by atoms with E-state index in [1.165, 1.54) is 12.8 Å². The van der Waals surface area contributed by atoms with Crippen LogP contribution in [0.4, 0.5) is 0 Å². The van der Waals surface area contributed by atoms with E-state index >= 15 is 0 Å². The lowest BCUT2D eigenvalue weighted by molar-refractivity contribution is 0.389. The zero-order valence-corrected chi connectivity index (χ0v) is 11.0. The van der Waals surface area contributed by atoms with Gasteiger partial charge in [0, 0.05) is 24.2 Å². The third-order valence-electron chi connectivity index (χ3n) is 3.44. The lowest BCUT2D eigenvalue weighted by Crippen LogP contribution is -2.27. The fourth-order valence-electron chi connectivity index (χ4n) is 2.16. The Hall–Kier alpha value is -1.07. The van der Waals surface area contributed by atoms with Crippen molar-refractivity contribution in [3.63, 3.8) is 0 Å². The third kappa shape index (κ3) is 2.05. The summed E-state index contributed by atoms with van der Waals surface area (Å²) in [5.41, 5.74) is 1.12. The number of thiazole rings is 1. The molecule has 5 heteroatoms. The van der Waals surface area contributed by atoms with Crippen molar-refractivity contribution in [2.24, 2.45) is 5.92 Å². The second-order valence-electron chi connectivity index (χ2n) is 4.63. The number of hydrogen-bond acceptors (Lipinski definition) is 4. The molecule has 1 saturated carbocycles. The summed E-state index contributed by atoms with van der Waals surface area (Å²) in [6, 6.07) is 0.587. The molecular formula is C12H17N3OS. The molecule has 1 atom stereocenters. The fraction of sp³-hybridized carbons (Fsp3) is 0.583. The van der Waals surface area contributed by atoms with Crippen LogP contribution in [0.1, 0.15) is 25.5 Å². The maximum absolute atomic E-state index is 5.33. The number of ether oxygens (including phenoxy) is 1. The van der Waals surface area contributed by atoms with E-state index in [1.807, 2.05) is 6.20 Å². The molecule has 2 aromatic rings. The highest BCUT2D eigenvalue weighted by Crippen LogP contribution is 2.32. The number of hydrogen-bond donors (Lipinski definition) is 1. The van der Waals surface area contributed by atoms with Crippen LogP contribution < -0.4 is 10.1 Å². The highest BCUT2D eigenvalue weighted by atomic mass is 32.1. The topological polar surface area (TPSA) is 38.6 Å².